The van der Waals surface area contributed by atoms with E-state index in [2.05, 4.69) is 0 Å². The molecule has 1 aromatic heterocycles. The summed E-state index contributed by atoms with van der Waals surface area (Å²) in [4.78, 5) is 11.5. The molecule has 0 radical (unpaired) electrons. The van der Waals surface area contributed by atoms with Crippen LogP contribution in [0.2, 0.25) is 10.0 Å². The molecule has 0 fully saturated rings. The molecule has 0 spiro atoms. The second kappa shape index (κ2) is 8.36. The van der Waals surface area contributed by atoms with E-state index in [1.807, 2.05) is 11.5 Å². The summed E-state index contributed by atoms with van der Waals surface area (Å²) in [5, 5.41) is 10.8. The molecule has 1 aliphatic rings. The van der Waals surface area contributed by atoms with Gasteiger partial charge in [-0.15, -0.1) is 0 Å². The highest BCUT2D eigenvalue weighted by atomic mass is 35.5. The first-order chi connectivity index (χ1) is 15.0. The smallest absolute Gasteiger partial charge is 0.304 e. The van der Waals surface area contributed by atoms with Crippen LogP contribution < -0.4 is 0 Å². The predicted molar refractivity (Wildman–Crippen MR) is 123 cm³/mol. The molecule has 1 aliphatic carbocycles. The molecular formula is C23H22Cl2FNO4S. The lowest BCUT2D eigenvalue weighted by Gasteiger charge is -2.28. The number of hydrogen-bond donors (Lipinski definition) is 1. The summed E-state index contributed by atoms with van der Waals surface area (Å²) in [7, 11) is -3.77. The largest absolute Gasteiger partial charge is 0.481 e. The quantitative estimate of drug-likeness (QED) is 0.469. The van der Waals surface area contributed by atoms with Crippen LogP contribution >= 0.6 is 23.2 Å². The molecular weight excluding hydrogens is 476 g/mol. The molecule has 2 aromatic carbocycles. The van der Waals surface area contributed by atoms with E-state index in [0.29, 0.717) is 33.8 Å². The number of rotatable bonds is 5. The monoisotopic (exact) mass is 497 g/mol. The Bertz CT molecular complexity index is 1350. The van der Waals surface area contributed by atoms with Crippen LogP contribution in [-0.2, 0) is 21.1 Å². The van der Waals surface area contributed by atoms with Gasteiger partial charge < -0.3 is 9.67 Å². The van der Waals surface area contributed by atoms with E-state index < -0.39 is 27.7 Å². The van der Waals surface area contributed by atoms with Gasteiger partial charge in [-0.2, -0.15) is 0 Å². The van der Waals surface area contributed by atoms with Crippen molar-refractivity contribution in [3.05, 3.63) is 63.0 Å². The Morgan fingerprint density at radius 1 is 1.25 bits per heavy atom. The number of aromatic nitrogens is 1. The van der Waals surface area contributed by atoms with Crippen molar-refractivity contribution in [2.75, 3.05) is 6.26 Å². The van der Waals surface area contributed by atoms with Gasteiger partial charge in [-0.05, 0) is 61.6 Å². The lowest BCUT2D eigenvalue weighted by molar-refractivity contribution is -0.137. The zero-order chi connectivity index (χ0) is 23.4. The Balaban J connectivity index is 2.11. The maximum absolute atomic E-state index is 14.5. The number of aryl methyl sites for hydroxylation is 1. The highest BCUT2D eigenvalue weighted by Gasteiger charge is 2.33. The molecule has 1 heterocycles. The van der Waals surface area contributed by atoms with E-state index in [0.717, 1.165) is 35.6 Å². The first kappa shape index (κ1) is 23.1. The van der Waals surface area contributed by atoms with Crippen LogP contribution in [0.15, 0.2) is 35.2 Å². The molecule has 5 nitrogen and oxygen atoms in total. The molecule has 0 amide bonds. The average molecular weight is 498 g/mol. The second-order valence-electron chi connectivity index (χ2n) is 8.34. The van der Waals surface area contributed by atoms with Crippen molar-refractivity contribution in [2.45, 2.75) is 49.5 Å². The zero-order valence-corrected chi connectivity index (χ0v) is 19.9. The molecule has 0 aliphatic heterocycles. The minimum absolute atomic E-state index is 0.0892. The normalized spacial score (nSPS) is 17.3. The van der Waals surface area contributed by atoms with Gasteiger partial charge in [0, 0.05) is 23.3 Å². The Morgan fingerprint density at radius 2 is 1.97 bits per heavy atom. The zero-order valence-electron chi connectivity index (χ0n) is 17.5. The molecule has 0 bridgehead atoms. The van der Waals surface area contributed by atoms with Crippen molar-refractivity contribution in [2.24, 2.45) is 0 Å². The van der Waals surface area contributed by atoms with Crippen molar-refractivity contribution >= 4 is 49.9 Å². The van der Waals surface area contributed by atoms with Gasteiger partial charge in [0.2, 0.25) is 0 Å². The minimum atomic E-state index is -3.77. The van der Waals surface area contributed by atoms with Crippen molar-refractivity contribution in [1.29, 1.82) is 0 Å². The minimum Gasteiger partial charge on any atom is -0.481 e. The molecule has 9 heteroatoms. The fraction of sp³-hybridized carbons (Fsp3) is 0.348. The Hall–Kier alpha value is -2.09. The summed E-state index contributed by atoms with van der Waals surface area (Å²) in [6, 6.07) is 7.18. The van der Waals surface area contributed by atoms with E-state index in [9.17, 15) is 22.7 Å². The van der Waals surface area contributed by atoms with Gasteiger partial charge in [0.25, 0.3) is 0 Å². The third-order valence-electron chi connectivity index (χ3n) is 6.17. The Kier molecular flexibility index (Phi) is 6.03. The van der Waals surface area contributed by atoms with Crippen LogP contribution in [0.1, 0.15) is 55.0 Å². The molecule has 0 saturated carbocycles. The van der Waals surface area contributed by atoms with Gasteiger partial charge in [-0.3, -0.25) is 4.79 Å². The van der Waals surface area contributed by atoms with E-state index in [-0.39, 0.29) is 17.2 Å². The Labute approximate surface area is 195 Å². The van der Waals surface area contributed by atoms with Gasteiger partial charge in [0.15, 0.2) is 9.84 Å². The molecule has 32 heavy (non-hydrogen) atoms. The van der Waals surface area contributed by atoms with Crippen LogP contribution in [0.25, 0.3) is 10.9 Å². The molecule has 1 N–H and O–H groups in total. The molecule has 2 atom stereocenters. The van der Waals surface area contributed by atoms with Crippen molar-refractivity contribution in [3.63, 3.8) is 0 Å². The van der Waals surface area contributed by atoms with E-state index in [4.69, 9.17) is 23.2 Å². The van der Waals surface area contributed by atoms with Gasteiger partial charge >= 0.3 is 5.97 Å². The standard InChI is InChI=1S/C23H22Cl2FNO4S/c1-12(13-6-7-18(24)19(25)8-13)27-22-14(9-21(28)29)4-3-5-16(22)17-10-15(26)11-20(23(17)27)32(2,30)31/h6-8,10-12,14H,3-5,9H2,1-2H3,(H,28,29)/t12-,14+/m0/s1. The van der Waals surface area contributed by atoms with Gasteiger partial charge in [-0.1, -0.05) is 29.3 Å². The van der Waals surface area contributed by atoms with Gasteiger partial charge in [0.05, 0.1) is 32.9 Å². The summed E-state index contributed by atoms with van der Waals surface area (Å²) in [6.07, 6.45) is 2.98. The number of fused-ring (bicyclic) bond motifs is 3. The van der Waals surface area contributed by atoms with Crippen LogP contribution in [0.3, 0.4) is 0 Å². The number of benzene rings is 2. The number of nitrogens with zero attached hydrogens (tertiary/aromatic N) is 1. The summed E-state index contributed by atoms with van der Waals surface area (Å²) in [6.45, 7) is 1.89. The van der Waals surface area contributed by atoms with Crippen LogP contribution in [0, 0.1) is 5.82 Å². The second-order valence-corrected chi connectivity index (χ2v) is 11.1. The van der Waals surface area contributed by atoms with Crippen LogP contribution in [0.5, 0.6) is 0 Å². The average Bonchev–Trinajstić information content (AvgIpc) is 3.03. The fourth-order valence-electron chi connectivity index (χ4n) is 4.84. The maximum Gasteiger partial charge on any atom is 0.304 e. The lowest BCUT2D eigenvalue weighted by atomic mass is 9.84. The van der Waals surface area contributed by atoms with Crippen molar-refractivity contribution in [1.82, 2.24) is 4.57 Å². The van der Waals surface area contributed by atoms with E-state index in [1.54, 1.807) is 18.2 Å². The maximum atomic E-state index is 14.5. The van der Waals surface area contributed by atoms with Gasteiger partial charge in [0.1, 0.15) is 5.82 Å². The number of halogens is 3. The summed E-state index contributed by atoms with van der Waals surface area (Å²) in [5.74, 6) is -1.89. The summed E-state index contributed by atoms with van der Waals surface area (Å²) < 4.78 is 41.7. The molecule has 4 rings (SSSR count). The van der Waals surface area contributed by atoms with Gasteiger partial charge in [-0.25, -0.2) is 12.8 Å². The number of sulfone groups is 1. The first-order valence-corrected chi connectivity index (χ1v) is 12.9. The fourth-order valence-corrected chi connectivity index (χ4v) is 6.03. The predicted octanol–water partition coefficient (Wildman–Crippen LogP) is 5.99. The third kappa shape index (κ3) is 4.02. The van der Waals surface area contributed by atoms with E-state index >= 15 is 0 Å². The van der Waals surface area contributed by atoms with Crippen LogP contribution in [0.4, 0.5) is 4.39 Å². The van der Waals surface area contributed by atoms with Crippen LogP contribution in [-0.4, -0.2) is 30.3 Å². The SMILES string of the molecule is C[C@@H](c1ccc(Cl)c(Cl)c1)n1c2c(c3cc(F)cc(S(C)(=O)=O)c31)CCC[C@@H]2CC(=O)O. The topological polar surface area (TPSA) is 76.4 Å². The highest BCUT2D eigenvalue weighted by molar-refractivity contribution is 7.91. The number of carbonyl (C=O) groups is 1. The number of carboxylic acid groups (broad SMARTS) is 1. The number of aliphatic carboxylic acids is 1. The summed E-state index contributed by atoms with van der Waals surface area (Å²) in [5.41, 5.74) is 2.74. The third-order valence-corrected chi connectivity index (χ3v) is 8.02. The molecule has 3 aromatic rings. The van der Waals surface area contributed by atoms with Crippen molar-refractivity contribution in [3.8, 4) is 0 Å². The molecule has 0 saturated heterocycles. The highest BCUT2D eigenvalue weighted by Crippen LogP contribution is 2.45. The van der Waals surface area contributed by atoms with E-state index in [1.165, 1.54) is 6.07 Å². The lowest BCUT2D eigenvalue weighted by Crippen LogP contribution is -2.20. The van der Waals surface area contributed by atoms with Crippen molar-refractivity contribution < 1.29 is 22.7 Å². The molecule has 0 unspecified atom stereocenters. The Morgan fingerprint density at radius 3 is 2.59 bits per heavy atom. The molecule has 170 valence electrons. The number of hydrogen-bond acceptors (Lipinski definition) is 3. The summed E-state index contributed by atoms with van der Waals surface area (Å²) >= 11 is 12.3. The first-order valence-electron chi connectivity index (χ1n) is 10.2. The number of carboxylic acids is 1.